The molecule has 0 aliphatic carbocycles. The van der Waals surface area contributed by atoms with Crippen molar-refractivity contribution in [3.05, 3.63) is 29.6 Å². The molecule has 1 N–H and O–H groups in total. The van der Waals surface area contributed by atoms with Gasteiger partial charge < -0.3 is 5.32 Å². The maximum atomic E-state index is 4.50. The molecule has 1 heterocycles. The van der Waals surface area contributed by atoms with E-state index in [4.69, 9.17) is 0 Å². The molecule has 0 saturated carbocycles. The van der Waals surface area contributed by atoms with Crippen LogP contribution in [0, 0.1) is 6.92 Å². The van der Waals surface area contributed by atoms with Gasteiger partial charge in [-0.25, -0.2) is 0 Å². The Labute approximate surface area is 98.5 Å². The summed E-state index contributed by atoms with van der Waals surface area (Å²) in [4.78, 5) is 0. The molecule has 0 aromatic carbocycles. The average Bonchev–Trinajstić information content (AvgIpc) is 2.57. The summed E-state index contributed by atoms with van der Waals surface area (Å²) in [5.74, 6) is 0. The van der Waals surface area contributed by atoms with Gasteiger partial charge in [0.2, 0.25) is 0 Å². The summed E-state index contributed by atoms with van der Waals surface area (Å²) in [6.07, 6.45) is 4.31. The minimum Gasteiger partial charge on any atom is -0.313 e. The average molecular weight is 221 g/mol. The molecule has 0 aliphatic heterocycles. The van der Waals surface area contributed by atoms with Crippen molar-refractivity contribution in [3.8, 4) is 0 Å². The summed E-state index contributed by atoms with van der Waals surface area (Å²) in [6, 6.07) is 0. The van der Waals surface area contributed by atoms with E-state index in [1.165, 1.54) is 17.6 Å². The van der Waals surface area contributed by atoms with Crippen molar-refractivity contribution in [2.24, 2.45) is 0 Å². The molecule has 0 unspecified atom stereocenters. The molecule has 0 aliphatic rings. The van der Waals surface area contributed by atoms with Crippen LogP contribution < -0.4 is 5.32 Å². The molecule has 0 saturated heterocycles. The van der Waals surface area contributed by atoms with Gasteiger partial charge in [-0.2, -0.15) is 5.10 Å². The summed E-state index contributed by atoms with van der Waals surface area (Å²) < 4.78 is 2.02. The fourth-order valence-corrected chi connectivity index (χ4v) is 1.55. The third kappa shape index (κ3) is 4.19. The van der Waals surface area contributed by atoms with Gasteiger partial charge >= 0.3 is 0 Å². The zero-order valence-electron chi connectivity index (χ0n) is 10.7. The van der Waals surface area contributed by atoms with E-state index in [1.807, 2.05) is 4.68 Å². The zero-order chi connectivity index (χ0) is 12.0. The molecule has 0 fully saturated rings. The number of hydrogen-bond acceptors (Lipinski definition) is 2. The first-order valence-electron chi connectivity index (χ1n) is 6.01. The zero-order valence-corrected chi connectivity index (χ0v) is 10.7. The van der Waals surface area contributed by atoms with Crippen LogP contribution >= 0.6 is 0 Å². The summed E-state index contributed by atoms with van der Waals surface area (Å²) in [7, 11) is 0. The summed E-state index contributed by atoms with van der Waals surface area (Å²) in [5, 5.41) is 7.90. The van der Waals surface area contributed by atoms with Crippen molar-refractivity contribution in [2.45, 2.75) is 46.7 Å². The summed E-state index contributed by atoms with van der Waals surface area (Å²) in [5.41, 5.74) is 3.64. The standard InChI is InChI=1S/C13H23N3/c1-5-7-14-9-13-10-16(15-12(13)4)8-6-11(2)3/h10,14H,2,5-9H2,1,3-4H3. The van der Waals surface area contributed by atoms with Crippen LogP contribution in [-0.2, 0) is 13.1 Å². The van der Waals surface area contributed by atoms with E-state index in [-0.39, 0.29) is 0 Å². The number of rotatable bonds is 7. The molecule has 0 radical (unpaired) electrons. The van der Waals surface area contributed by atoms with E-state index in [1.54, 1.807) is 0 Å². The molecular weight excluding hydrogens is 198 g/mol. The largest absolute Gasteiger partial charge is 0.313 e. The molecule has 1 aromatic heterocycles. The Morgan fingerprint density at radius 1 is 1.56 bits per heavy atom. The minimum atomic E-state index is 0.923. The molecular formula is C13H23N3. The molecule has 0 bridgehead atoms. The highest BCUT2D eigenvalue weighted by Gasteiger charge is 2.03. The number of nitrogens with one attached hydrogen (secondary N) is 1. The Morgan fingerprint density at radius 3 is 2.94 bits per heavy atom. The molecule has 0 spiro atoms. The number of nitrogens with zero attached hydrogens (tertiary/aromatic N) is 2. The van der Waals surface area contributed by atoms with Gasteiger partial charge in [-0.05, 0) is 33.2 Å². The second-order valence-corrected chi connectivity index (χ2v) is 4.39. The van der Waals surface area contributed by atoms with Gasteiger partial charge in [-0.3, -0.25) is 4.68 Å². The van der Waals surface area contributed by atoms with E-state index in [0.717, 1.165) is 31.7 Å². The third-order valence-electron chi connectivity index (χ3n) is 2.56. The van der Waals surface area contributed by atoms with E-state index >= 15 is 0 Å². The van der Waals surface area contributed by atoms with Gasteiger partial charge in [-0.1, -0.05) is 12.5 Å². The first kappa shape index (κ1) is 13.0. The highest BCUT2D eigenvalue weighted by atomic mass is 15.3. The van der Waals surface area contributed by atoms with Crippen molar-refractivity contribution in [2.75, 3.05) is 6.54 Å². The van der Waals surface area contributed by atoms with E-state index in [2.05, 4.69) is 44.0 Å². The van der Waals surface area contributed by atoms with Gasteiger partial charge in [0.25, 0.3) is 0 Å². The topological polar surface area (TPSA) is 29.9 Å². The van der Waals surface area contributed by atoms with Crippen LogP contribution in [0.25, 0.3) is 0 Å². The lowest BCUT2D eigenvalue weighted by Gasteiger charge is -2.01. The Kier molecular flexibility index (Phi) is 5.26. The van der Waals surface area contributed by atoms with Crippen LogP contribution in [0.5, 0.6) is 0 Å². The Bertz CT molecular complexity index is 339. The number of aromatic nitrogens is 2. The first-order valence-corrected chi connectivity index (χ1v) is 6.01. The van der Waals surface area contributed by atoms with Crippen LogP contribution in [0.4, 0.5) is 0 Å². The third-order valence-corrected chi connectivity index (χ3v) is 2.56. The lowest BCUT2D eigenvalue weighted by Crippen LogP contribution is -2.13. The SMILES string of the molecule is C=C(C)CCn1cc(CNCCC)c(C)n1. The molecule has 16 heavy (non-hydrogen) atoms. The van der Waals surface area contributed by atoms with Gasteiger partial charge in [0.05, 0.1) is 5.69 Å². The summed E-state index contributed by atoms with van der Waals surface area (Å²) in [6.45, 7) is 13.1. The van der Waals surface area contributed by atoms with Crippen LogP contribution in [0.15, 0.2) is 18.3 Å². The highest BCUT2D eigenvalue weighted by molar-refractivity contribution is 5.15. The van der Waals surface area contributed by atoms with Crippen molar-refractivity contribution >= 4 is 0 Å². The molecule has 3 nitrogen and oxygen atoms in total. The number of allylic oxidation sites excluding steroid dienone is 1. The van der Waals surface area contributed by atoms with E-state index in [9.17, 15) is 0 Å². The maximum Gasteiger partial charge on any atom is 0.0638 e. The molecule has 1 rings (SSSR count). The van der Waals surface area contributed by atoms with Gasteiger partial charge in [0, 0.05) is 24.8 Å². The fraction of sp³-hybridized carbons (Fsp3) is 0.615. The Balaban J connectivity index is 2.49. The minimum absolute atomic E-state index is 0.923. The maximum absolute atomic E-state index is 4.50. The van der Waals surface area contributed by atoms with Crippen molar-refractivity contribution in [1.29, 1.82) is 0 Å². The lowest BCUT2D eigenvalue weighted by molar-refractivity contribution is 0.607. The molecule has 1 aromatic rings. The van der Waals surface area contributed by atoms with Crippen LogP contribution in [0.3, 0.4) is 0 Å². The monoisotopic (exact) mass is 221 g/mol. The van der Waals surface area contributed by atoms with Crippen molar-refractivity contribution in [3.63, 3.8) is 0 Å². The Morgan fingerprint density at radius 2 is 2.31 bits per heavy atom. The van der Waals surface area contributed by atoms with Crippen LogP contribution in [-0.4, -0.2) is 16.3 Å². The second kappa shape index (κ2) is 6.48. The quantitative estimate of drug-likeness (QED) is 0.566. The molecule has 0 amide bonds. The predicted molar refractivity (Wildman–Crippen MR) is 68.4 cm³/mol. The normalized spacial score (nSPS) is 10.7. The second-order valence-electron chi connectivity index (χ2n) is 4.39. The van der Waals surface area contributed by atoms with Crippen molar-refractivity contribution < 1.29 is 0 Å². The van der Waals surface area contributed by atoms with Crippen molar-refractivity contribution in [1.82, 2.24) is 15.1 Å². The van der Waals surface area contributed by atoms with E-state index in [0.29, 0.717) is 0 Å². The van der Waals surface area contributed by atoms with Gasteiger partial charge in [0.15, 0.2) is 0 Å². The fourth-order valence-electron chi connectivity index (χ4n) is 1.55. The molecule has 90 valence electrons. The number of hydrogen-bond donors (Lipinski definition) is 1. The van der Waals surface area contributed by atoms with Gasteiger partial charge in [-0.15, -0.1) is 6.58 Å². The highest BCUT2D eigenvalue weighted by Crippen LogP contribution is 2.07. The first-order chi connectivity index (χ1) is 7.63. The van der Waals surface area contributed by atoms with Gasteiger partial charge in [0.1, 0.15) is 0 Å². The summed E-state index contributed by atoms with van der Waals surface area (Å²) >= 11 is 0. The smallest absolute Gasteiger partial charge is 0.0638 e. The van der Waals surface area contributed by atoms with E-state index < -0.39 is 0 Å². The number of aryl methyl sites for hydroxylation is 2. The predicted octanol–water partition coefficient (Wildman–Crippen LogP) is 2.66. The molecule has 3 heteroatoms. The lowest BCUT2D eigenvalue weighted by atomic mass is 10.2. The van der Waals surface area contributed by atoms with Crippen LogP contribution in [0.1, 0.15) is 37.9 Å². The Hall–Kier alpha value is -1.09. The molecule has 0 atom stereocenters. The van der Waals surface area contributed by atoms with Crippen LogP contribution in [0.2, 0.25) is 0 Å².